The molecule has 0 aliphatic rings. The molecule has 1 heterocycles. The van der Waals surface area contributed by atoms with Crippen molar-refractivity contribution in [2.45, 2.75) is 39.5 Å². The highest BCUT2D eigenvalue weighted by atomic mass is 79.9. The van der Waals surface area contributed by atoms with Gasteiger partial charge < -0.3 is 5.32 Å². The van der Waals surface area contributed by atoms with Crippen molar-refractivity contribution in [3.8, 4) is 11.4 Å². The van der Waals surface area contributed by atoms with Crippen LogP contribution in [0.25, 0.3) is 11.4 Å². The van der Waals surface area contributed by atoms with Crippen molar-refractivity contribution < 1.29 is 0 Å². The van der Waals surface area contributed by atoms with E-state index in [2.05, 4.69) is 60.0 Å². The molecule has 0 bridgehead atoms. The summed E-state index contributed by atoms with van der Waals surface area (Å²) in [5, 5.41) is 3.37. The second kappa shape index (κ2) is 6.56. The fraction of sp³-hybridized carbons (Fsp3) is 0.412. The van der Waals surface area contributed by atoms with Gasteiger partial charge in [-0.05, 0) is 18.6 Å². The number of rotatable bonds is 4. The topological polar surface area (TPSA) is 37.8 Å². The van der Waals surface area contributed by atoms with Crippen molar-refractivity contribution in [1.82, 2.24) is 9.97 Å². The number of benzene rings is 1. The predicted molar refractivity (Wildman–Crippen MR) is 92.6 cm³/mol. The first-order chi connectivity index (χ1) is 9.90. The summed E-state index contributed by atoms with van der Waals surface area (Å²) in [5.41, 5.74) is 2.08. The molecule has 2 rings (SSSR count). The summed E-state index contributed by atoms with van der Waals surface area (Å²) >= 11 is 3.46. The second-order valence-corrected chi connectivity index (χ2v) is 7.06. The maximum absolute atomic E-state index is 4.75. The quantitative estimate of drug-likeness (QED) is 0.842. The monoisotopic (exact) mass is 347 g/mol. The summed E-state index contributed by atoms with van der Waals surface area (Å²) < 4.78 is 1.06. The Balaban J connectivity index is 2.46. The molecule has 112 valence electrons. The molecule has 2 aromatic rings. The van der Waals surface area contributed by atoms with Crippen molar-refractivity contribution in [2.24, 2.45) is 0 Å². The average molecular weight is 348 g/mol. The summed E-state index contributed by atoms with van der Waals surface area (Å²) in [5.74, 6) is 1.67. The third-order valence-corrected chi connectivity index (χ3v) is 3.68. The molecule has 1 aromatic carbocycles. The molecule has 1 N–H and O–H groups in total. The maximum Gasteiger partial charge on any atom is 0.161 e. The minimum atomic E-state index is -0.00427. The molecule has 0 radical (unpaired) electrons. The lowest BCUT2D eigenvalue weighted by Crippen LogP contribution is -2.16. The Morgan fingerprint density at radius 2 is 1.76 bits per heavy atom. The van der Waals surface area contributed by atoms with Gasteiger partial charge in [0.05, 0.1) is 5.69 Å². The SMILES string of the molecule is CCCNc1cc(C(C)(C)C)nc(-c2ccc(Br)cc2)n1. The third kappa shape index (κ3) is 4.27. The smallest absolute Gasteiger partial charge is 0.161 e. The van der Waals surface area contributed by atoms with Crippen LogP contribution < -0.4 is 5.32 Å². The third-order valence-electron chi connectivity index (χ3n) is 3.15. The molecular formula is C17H22BrN3. The molecule has 0 spiro atoms. The number of aromatic nitrogens is 2. The zero-order valence-corrected chi connectivity index (χ0v) is 14.7. The predicted octanol–water partition coefficient (Wildman–Crippen LogP) is 5.03. The summed E-state index contributed by atoms with van der Waals surface area (Å²) in [6.45, 7) is 9.58. The number of nitrogens with one attached hydrogen (secondary N) is 1. The molecule has 0 saturated heterocycles. The summed E-state index contributed by atoms with van der Waals surface area (Å²) in [6, 6.07) is 10.2. The highest BCUT2D eigenvalue weighted by molar-refractivity contribution is 9.10. The largest absolute Gasteiger partial charge is 0.370 e. The van der Waals surface area contributed by atoms with Crippen LogP contribution in [0, 0.1) is 0 Å². The number of nitrogens with zero attached hydrogens (tertiary/aromatic N) is 2. The van der Waals surface area contributed by atoms with Crippen molar-refractivity contribution in [1.29, 1.82) is 0 Å². The Kier molecular flexibility index (Phi) is 4.99. The first-order valence-electron chi connectivity index (χ1n) is 7.29. The molecular weight excluding hydrogens is 326 g/mol. The van der Waals surface area contributed by atoms with E-state index in [1.54, 1.807) is 0 Å². The van der Waals surface area contributed by atoms with E-state index in [4.69, 9.17) is 4.98 Å². The van der Waals surface area contributed by atoms with E-state index in [1.165, 1.54) is 0 Å². The van der Waals surface area contributed by atoms with E-state index in [9.17, 15) is 0 Å². The first kappa shape index (κ1) is 16.0. The van der Waals surface area contributed by atoms with Crippen molar-refractivity contribution in [3.05, 3.63) is 40.5 Å². The van der Waals surface area contributed by atoms with Gasteiger partial charge in [0, 0.05) is 28.1 Å². The fourth-order valence-electron chi connectivity index (χ4n) is 1.90. The molecule has 4 heteroatoms. The summed E-state index contributed by atoms with van der Waals surface area (Å²) in [6.07, 6.45) is 1.07. The van der Waals surface area contributed by atoms with E-state index in [0.717, 1.165) is 40.3 Å². The molecule has 0 amide bonds. The first-order valence-corrected chi connectivity index (χ1v) is 8.09. The lowest BCUT2D eigenvalue weighted by molar-refractivity contribution is 0.568. The van der Waals surface area contributed by atoms with Gasteiger partial charge >= 0.3 is 0 Å². The number of hydrogen-bond donors (Lipinski definition) is 1. The van der Waals surface area contributed by atoms with Crippen LogP contribution in [0.15, 0.2) is 34.8 Å². The Bertz CT molecular complexity index is 600. The van der Waals surface area contributed by atoms with Crippen LogP contribution in [0.5, 0.6) is 0 Å². The van der Waals surface area contributed by atoms with Crippen LogP contribution in [0.2, 0.25) is 0 Å². The van der Waals surface area contributed by atoms with Gasteiger partial charge in [0.15, 0.2) is 5.82 Å². The van der Waals surface area contributed by atoms with Gasteiger partial charge in [-0.2, -0.15) is 0 Å². The van der Waals surface area contributed by atoms with Crippen LogP contribution in [0.4, 0.5) is 5.82 Å². The normalized spacial score (nSPS) is 11.5. The Morgan fingerprint density at radius 1 is 1.10 bits per heavy atom. The molecule has 3 nitrogen and oxygen atoms in total. The van der Waals surface area contributed by atoms with Gasteiger partial charge in [0.2, 0.25) is 0 Å². The highest BCUT2D eigenvalue weighted by Gasteiger charge is 2.18. The summed E-state index contributed by atoms with van der Waals surface area (Å²) in [7, 11) is 0. The average Bonchev–Trinajstić information content (AvgIpc) is 2.44. The Labute approximate surface area is 135 Å². The van der Waals surface area contributed by atoms with E-state index in [-0.39, 0.29) is 5.41 Å². The molecule has 0 saturated carbocycles. The highest BCUT2D eigenvalue weighted by Crippen LogP contribution is 2.26. The standard InChI is InChI=1S/C17H22BrN3/c1-5-10-19-15-11-14(17(2,3)4)20-16(21-15)12-6-8-13(18)9-7-12/h6-9,11H,5,10H2,1-4H3,(H,19,20,21). The number of hydrogen-bond acceptors (Lipinski definition) is 3. The number of halogens is 1. The second-order valence-electron chi connectivity index (χ2n) is 6.15. The van der Waals surface area contributed by atoms with Crippen LogP contribution in [0.3, 0.4) is 0 Å². The molecule has 0 aliphatic heterocycles. The van der Waals surface area contributed by atoms with Crippen LogP contribution >= 0.6 is 15.9 Å². The molecule has 1 aromatic heterocycles. The van der Waals surface area contributed by atoms with Crippen molar-refractivity contribution in [3.63, 3.8) is 0 Å². The molecule has 21 heavy (non-hydrogen) atoms. The van der Waals surface area contributed by atoms with Crippen LogP contribution in [0.1, 0.15) is 39.8 Å². The Hall–Kier alpha value is -1.42. The zero-order valence-electron chi connectivity index (χ0n) is 13.1. The van der Waals surface area contributed by atoms with E-state index < -0.39 is 0 Å². The van der Waals surface area contributed by atoms with Crippen LogP contribution in [-0.4, -0.2) is 16.5 Å². The van der Waals surface area contributed by atoms with E-state index in [0.29, 0.717) is 0 Å². The fourth-order valence-corrected chi connectivity index (χ4v) is 2.17. The molecule has 0 atom stereocenters. The lowest BCUT2D eigenvalue weighted by atomic mass is 9.91. The van der Waals surface area contributed by atoms with E-state index in [1.807, 2.05) is 24.3 Å². The van der Waals surface area contributed by atoms with Crippen molar-refractivity contribution >= 4 is 21.7 Å². The van der Waals surface area contributed by atoms with Gasteiger partial charge in [0.1, 0.15) is 5.82 Å². The zero-order chi connectivity index (χ0) is 15.5. The molecule has 0 aliphatic carbocycles. The van der Waals surface area contributed by atoms with E-state index >= 15 is 0 Å². The maximum atomic E-state index is 4.75. The minimum absolute atomic E-state index is 0.00427. The van der Waals surface area contributed by atoms with Gasteiger partial charge in [-0.3, -0.25) is 0 Å². The minimum Gasteiger partial charge on any atom is -0.370 e. The van der Waals surface area contributed by atoms with Gasteiger partial charge in [-0.1, -0.05) is 55.8 Å². The van der Waals surface area contributed by atoms with Gasteiger partial charge in [-0.15, -0.1) is 0 Å². The lowest BCUT2D eigenvalue weighted by Gasteiger charge is -2.19. The van der Waals surface area contributed by atoms with Crippen LogP contribution in [-0.2, 0) is 5.41 Å². The summed E-state index contributed by atoms with van der Waals surface area (Å²) in [4.78, 5) is 9.39. The molecule has 0 fully saturated rings. The molecule has 0 unspecified atom stereocenters. The van der Waals surface area contributed by atoms with Gasteiger partial charge in [0.25, 0.3) is 0 Å². The van der Waals surface area contributed by atoms with Crippen molar-refractivity contribution in [2.75, 3.05) is 11.9 Å². The van der Waals surface area contributed by atoms with Gasteiger partial charge in [-0.25, -0.2) is 9.97 Å². The number of anilines is 1. The Morgan fingerprint density at radius 3 is 2.33 bits per heavy atom.